The summed E-state index contributed by atoms with van der Waals surface area (Å²) >= 11 is 0. The van der Waals surface area contributed by atoms with Gasteiger partial charge in [0.15, 0.2) is 0 Å². The van der Waals surface area contributed by atoms with E-state index in [1.807, 2.05) is 36.1 Å². The van der Waals surface area contributed by atoms with Crippen LogP contribution in [0.5, 0.6) is 5.75 Å². The van der Waals surface area contributed by atoms with E-state index in [2.05, 4.69) is 32.9 Å². The molecule has 0 bridgehead atoms. The van der Waals surface area contributed by atoms with Gasteiger partial charge in [-0.2, -0.15) is 0 Å². The molecule has 2 aromatic carbocycles. The van der Waals surface area contributed by atoms with Crippen LogP contribution in [-0.4, -0.2) is 30.6 Å². The topological polar surface area (TPSA) is 66.8 Å². The zero-order chi connectivity index (χ0) is 22.8. The van der Waals surface area contributed by atoms with Gasteiger partial charge in [-0.1, -0.05) is 44.2 Å². The molecule has 31 heavy (non-hydrogen) atoms. The standard InChI is InChI=1S/C26H29NO4/c1-6-27-22-15-19(17(2)13-21(22)26(3,4)16-24(27)28)20-14-18(11-12-23(20)31-5)9-7-8-10-25(29)30/h7-15H,6,16H2,1-5H3,(H,29,30). The number of carboxylic acid groups (broad SMARTS) is 1. The van der Waals surface area contributed by atoms with Crippen molar-refractivity contribution >= 4 is 23.6 Å². The van der Waals surface area contributed by atoms with Crippen molar-refractivity contribution in [3.8, 4) is 16.9 Å². The van der Waals surface area contributed by atoms with Crippen LogP contribution in [0, 0.1) is 6.92 Å². The van der Waals surface area contributed by atoms with Crippen molar-refractivity contribution in [2.75, 3.05) is 18.6 Å². The molecular weight excluding hydrogens is 390 g/mol. The minimum absolute atomic E-state index is 0.142. The predicted molar refractivity (Wildman–Crippen MR) is 125 cm³/mol. The highest BCUT2D eigenvalue weighted by atomic mass is 16.5. The van der Waals surface area contributed by atoms with E-state index < -0.39 is 5.97 Å². The lowest BCUT2D eigenvalue weighted by Crippen LogP contribution is -2.41. The Labute approximate surface area is 183 Å². The normalized spacial score (nSPS) is 15.5. The van der Waals surface area contributed by atoms with Gasteiger partial charge < -0.3 is 14.7 Å². The summed E-state index contributed by atoms with van der Waals surface area (Å²) in [6.45, 7) is 8.94. The Morgan fingerprint density at radius 3 is 2.58 bits per heavy atom. The number of nitrogens with zero attached hydrogens (tertiary/aromatic N) is 1. The summed E-state index contributed by atoms with van der Waals surface area (Å²) in [5.41, 5.74) is 5.90. The number of hydrogen-bond acceptors (Lipinski definition) is 3. The van der Waals surface area contributed by atoms with E-state index in [9.17, 15) is 9.59 Å². The van der Waals surface area contributed by atoms with Gasteiger partial charge >= 0.3 is 5.97 Å². The smallest absolute Gasteiger partial charge is 0.328 e. The van der Waals surface area contributed by atoms with Gasteiger partial charge in [-0.25, -0.2) is 4.79 Å². The van der Waals surface area contributed by atoms with Gasteiger partial charge in [-0.3, -0.25) is 4.79 Å². The first-order chi connectivity index (χ1) is 14.7. The minimum atomic E-state index is -0.984. The second-order valence-electron chi connectivity index (χ2n) is 8.40. The van der Waals surface area contributed by atoms with Crippen molar-refractivity contribution in [1.29, 1.82) is 0 Å². The molecule has 1 N–H and O–H groups in total. The fourth-order valence-electron chi connectivity index (χ4n) is 4.15. The third-order valence-corrected chi connectivity index (χ3v) is 5.73. The Kier molecular flexibility index (Phi) is 6.34. The Morgan fingerprint density at radius 2 is 1.94 bits per heavy atom. The third-order valence-electron chi connectivity index (χ3n) is 5.73. The number of aryl methyl sites for hydroxylation is 1. The van der Waals surface area contributed by atoms with E-state index in [1.165, 1.54) is 11.6 Å². The van der Waals surface area contributed by atoms with Crippen LogP contribution in [0.25, 0.3) is 17.2 Å². The summed E-state index contributed by atoms with van der Waals surface area (Å²) in [4.78, 5) is 25.3. The first-order valence-corrected chi connectivity index (χ1v) is 10.4. The molecule has 0 spiro atoms. The van der Waals surface area contributed by atoms with Crippen LogP contribution in [0.2, 0.25) is 0 Å². The number of rotatable bonds is 6. The molecule has 0 atom stereocenters. The van der Waals surface area contributed by atoms with E-state index in [0.717, 1.165) is 39.8 Å². The molecular formula is C26H29NO4. The van der Waals surface area contributed by atoms with Gasteiger partial charge in [0.05, 0.1) is 7.11 Å². The second-order valence-corrected chi connectivity index (χ2v) is 8.40. The molecule has 0 saturated carbocycles. The van der Waals surface area contributed by atoms with E-state index in [4.69, 9.17) is 9.84 Å². The van der Waals surface area contributed by atoms with Crippen molar-refractivity contribution in [2.45, 2.75) is 39.5 Å². The number of hydrogen-bond donors (Lipinski definition) is 1. The molecule has 2 aromatic rings. The van der Waals surface area contributed by atoms with Gasteiger partial charge in [0, 0.05) is 35.7 Å². The Balaban J connectivity index is 2.14. The van der Waals surface area contributed by atoms with Crippen molar-refractivity contribution in [2.24, 2.45) is 0 Å². The lowest BCUT2D eigenvalue weighted by molar-refractivity contribution is -0.131. The number of amides is 1. The average molecular weight is 420 g/mol. The average Bonchev–Trinajstić information content (AvgIpc) is 2.71. The van der Waals surface area contributed by atoms with E-state index in [-0.39, 0.29) is 11.3 Å². The molecule has 3 rings (SSSR count). The zero-order valence-electron chi connectivity index (χ0n) is 18.7. The number of carbonyl (C=O) groups is 2. The van der Waals surface area contributed by atoms with Gasteiger partial charge in [-0.05, 0) is 54.3 Å². The number of carboxylic acids is 1. The number of fused-ring (bicyclic) bond motifs is 1. The highest BCUT2D eigenvalue weighted by Gasteiger charge is 2.36. The number of benzene rings is 2. The van der Waals surface area contributed by atoms with Crippen molar-refractivity contribution in [3.05, 3.63) is 65.3 Å². The monoisotopic (exact) mass is 419 g/mol. The molecule has 1 amide bonds. The van der Waals surface area contributed by atoms with Gasteiger partial charge in [0.1, 0.15) is 5.75 Å². The van der Waals surface area contributed by atoms with Crippen LogP contribution >= 0.6 is 0 Å². The highest BCUT2D eigenvalue weighted by Crippen LogP contribution is 2.44. The molecule has 1 aliphatic heterocycles. The molecule has 5 heteroatoms. The molecule has 0 aromatic heterocycles. The van der Waals surface area contributed by atoms with Gasteiger partial charge in [-0.15, -0.1) is 0 Å². The predicted octanol–water partition coefficient (Wildman–Crippen LogP) is 5.36. The van der Waals surface area contributed by atoms with Crippen molar-refractivity contribution in [3.63, 3.8) is 0 Å². The van der Waals surface area contributed by atoms with Crippen LogP contribution in [0.15, 0.2) is 48.6 Å². The molecule has 1 heterocycles. The van der Waals surface area contributed by atoms with Crippen LogP contribution in [0.4, 0.5) is 5.69 Å². The van der Waals surface area contributed by atoms with Crippen LogP contribution in [0.3, 0.4) is 0 Å². The molecule has 0 aliphatic carbocycles. The molecule has 0 fully saturated rings. The lowest BCUT2D eigenvalue weighted by Gasteiger charge is -2.39. The molecule has 162 valence electrons. The van der Waals surface area contributed by atoms with Crippen molar-refractivity contribution < 1.29 is 19.4 Å². The Bertz CT molecular complexity index is 1080. The molecule has 1 aliphatic rings. The molecule has 0 unspecified atom stereocenters. The number of carbonyl (C=O) groups excluding carboxylic acids is 1. The molecule has 5 nitrogen and oxygen atoms in total. The van der Waals surface area contributed by atoms with Gasteiger partial charge in [0.25, 0.3) is 0 Å². The summed E-state index contributed by atoms with van der Waals surface area (Å²) < 4.78 is 5.63. The summed E-state index contributed by atoms with van der Waals surface area (Å²) in [5, 5.41) is 8.73. The fraction of sp³-hybridized carbons (Fsp3) is 0.308. The summed E-state index contributed by atoms with van der Waals surface area (Å²) in [6, 6.07) is 10.1. The maximum absolute atomic E-state index is 12.8. The second kappa shape index (κ2) is 8.80. The lowest BCUT2D eigenvalue weighted by atomic mass is 9.75. The quantitative estimate of drug-likeness (QED) is 0.506. The Morgan fingerprint density at radius 1 is 1.19 bits per heavy atom. The first-order valence-electron chi connectivity index (χ1n) is 10.4. The van der Waals surface area contributed by atoms with Crippen molar-refractivity contribution in [1.82, 2.24) is 0 Å². The number of aliphatic carboxylic acids is 1. The number of allylic oxidation sites excluding steroid dienone is 2. The zero-order valence-corrected chi connectivity index (χ0v) is 18.7. The number of anilines is 1. The van der Waals surface area contributed by atoms with E-state index in [0.29, 0.717) is 13.0 Å². The minimum Gasteiger partial charge on any atom is -0.496 e. The van der Waals surface area contributed by atoms with Crippen LogP contribution in [-0.2, 0) is 15.0 Å². The number of ether oxygens (including phenoxy) is 1. The maximum Gasteiger partial charge on any atom is 0.328 e. The van der Waals surface area contributed by atoms with E-state index >= 15 is 0 Å². The number of methoxy groups -OCH3 is 1. The molecule has 0 saturated heterocycles. The third kappa shape index (κ3) is 4.55. The Hall–Kier alpha value is -3.34. The fourth-order valence-corrected chi connectivity index (χ4v) is 4.15. The summed E-state index contributed by atoms with van der Waals surface area (Å²) in [6.07, 6.45) is 6.62. The largest absolute Gasteiger partial charge is 0.496 e. The SMILES string of the molecule is CCN1C(=O)CC(C)(C)c2cc(C)c(-c3cc(C=CC=CC(=O)O)ccc3OC)cc21. The highest BCUT2D eigenvalue weighted by molar-refractivity contribution is 5.99. The van der Waals surface area contributed by atoms with Gasteiger partial charge in [0.2, 0.25) is 5.91 Å². The molecule has 0 radical (unpaired) electrons. The van der Waals surface area contributed by atoms with Crippen LogP contribution in [0.1, 0.15) is 43.9 Å². The van der Waals surface area contributed by atoms with E-state index in [1.54, 1.807) is 13.2 Å². The van der Waals surface area contributed by atoms with Crippen LogP contribution < -0.4 is 9.64 Å². The summed E-state index contributed by atoms with van der Waals surface area (Å²) in [7, 11) is 1.64. The summed E-state index contributed by atoms with van der Waals surface area (Å²) in [5.74, 6) is -0.0999. The first kappa shape index (κ1) is 22.3. The maximum atomic E-state index is 12.8.